The molecule has 0 aliphatic heterocycles. The molecule has 6 heteroatoms. The number of carbonyl (C=O) groups excluding carboxylic acids is 3. The summed E-state index contributed by atoms with van der Waals surface area (Å²) in [6, 6.07) is -0.462. The van der Waals surface area contributed by atoms with Crippen molar-refractivity contribution in [1.82, 2.24) is 0 Å². The Balaban J connectivity index is 4.00. The average molecular weight is 181 g/mol. The summed E-state index contributed by atoms with van der Waals surface area (Å²) in [6.45, 7) is 0.265. The zero-order chi connectivity index (χ0) is 9.94. The van der Waals surface area contributed by atoms with Gasteiger partial charge in [-0.2, -0.15) is 0 Å². The SMILES string of the molecule is O=C=NCCC(CN=C=O)N=C=O. The van der Waals surface area contributed by atoms with Crippen molar-refractivity contribution in [3.63, 3.8) is 0 Å². The molecule has 1 atom stereocenters. The highest BCUT2D eigenvalue weighted by Gasteiger charge is 2.04. The summed E-state index contributed by atoms with van der Waals surface area (Å²) in [6.07, 6.45) is 4.38. The first-order valence-electron chi connectivity index (χ1n) is 3.49. The summed E-state index contributed by atoms with van der Waals surface area (Å²) in [7, 11) is 0. The summed E-state index contributed by atoms with van der Waals surface area (Å²) >= 11 is 0. The highest BCUT2D eigenvalue weighted by molar-refractivity contribution is 5.35. The first-order chi connectivity index (χ1) is 6.35. The minimum atomic E-state index is -0.462. The first kappa shape index (κ1) is 11.1. The van der Waals surface area contributed by atoms with Gasteiger partial charge in [-0.05, 0) is 6.42 Å². The predicted molar refractivity (Wildman–Crippen MR) is 42.5 cm³/mol. The van der Waals surface area contributed by atoms with Gasteiger partial charge in [0.15, 0.2) is 0 Å². The van der Waals surface area contributed by atoms with Gasteiger partial charge in [0.25, 0.3) is 0 Å². The number of rotatable bonds is 6. The van der Waals surface area contributed by atoms with E-state index in [1.54, 1.807) is 0 Å². The van der Waals surface area contributed by atoms with E-state index in [9.17, 15) is 14.4 Å². The summed E-state index contributed by atoms with van der Waals surface area (Å²) in [5, 5.41) is 0. The Labute approximate surface area is 74.1 Å². The molecule has 0 N–H and O–H groups in total. The highest BCUT2D eigenvalue weighted by Crippen LogP contribution is 1.97. The number of nitrogens with zero attached hydrogens (tertiary/aromatic N) is 3. The Bertz CT molecular complexity index is 283. The molecule has 0 aliphatic rings. The Morgan fingerprint density at radius 1 is 1.00 bits per heavy atom. The van der Waals surface area contributed by atoms with E-state index in [-0.39, 0.29) is 13.1 Å². The standard InChI is InChI=1S/C7H7N3O3/c11-4-8-2-1-7(10-6-13)3-9-5-12/h7H,1-3H2. The number of aliphatic imine (C=N–C) groups is 3. The zero-order valence-electron chi connectivity index (χ0n) is 6.77. The van der Waals surface area contributed by atoms with Crippen molar-refractivity contribution in [1.29, 1.82) is 0 Å². The van der Waals surface area contributed by atoms with Crippen LogP contribution in [0.1, 0.15) is 6.42 Å². The minimum absolute atomic E-state index is 0.0626. The van der Waals surface area contributed by atoms with E-state index >= 15 is 0 Å². The van der Waals surface area contributed by atoms with Crippen molar-refractivity contribution < 1.29 is 14.4 Å². The van der Waals surface area contributed by atoms with E-state index < -0.39 is 6.04 Å². The molecule has 0 spiro atoms. The van der Waals surface area contributed by atoms with E-state index in [4.69, 9.17) is 0 Å². The molecule has 0 radical (unpaired) electrons. The van der Waals surface area contributed by atoms with Crippen molar-refractivity contribution >= 4 is 18.2 Å². The molecule has 13 heavy (non-hydrogen) atoms. The van der Waals surface area contributed by atoms with Crippen LogP contribution in [0.25, 0.3) is 0 Å². The molecule has 0 bridgehead atoms. The zero-order valence-corrected chi connectivity index (χ0v) is 6.77. The maximum absolute atomic E-state index is 9.87. The van der Waals surface area contributed by atoms with Crippen molar-refractivity contribution in [3.8, 4) is 0 Å². The summed E-state index contributed by atoms with van der Waals surface area (Å²) in [4.78, 5) is 39.2. The number of hydrogen-bond donors (Lipinski definition) is 0. The van der Waals surface area contributed by atoms with Crippen molar-refractivity contribution in [2.24, 2.45) is 15.0 Å². The van der Waals surface area contributed by atoms with Crippen LogP contribution in [-0.4, -0.2) is 37.4 Å². The maximum atomic E-state index is 9.87. The van der Waals surface area contributed by atoms with Crippen LogP contribution >= 0.6 is 0 Å². The molecule has 1 unspecified atom stereocenters. The molecule has 0 aliphatic carbocycles. The Morgan fingerprint density at radius 3 is 2.23 bits per heavy atom. The van der Waals surface area contributed by atoms with Crippen LogP contribution in [0.3, 0.4) is 0 Å². The largest absolute Gasteiger partial charge is 0.235 e. The lowest BCUT2D eigenvalue weighted by molar-refractivity contribution is 0.544. The molecule has 6 nitrogen and oxygen atoms in total. The molecule has 0 aromatic carbocycles. The van der Waals surface area contributed by atoms with Crippen LogP contribution in [-0.2, 0) is 14.4 Å². The molecule has 0 saturated heterocycles. The van der Waals surface area contributed by atoms with Crippen LogP contribution in [0.4, 0.5) is 0 Å². The predicted octanol–water partition coefficient (Wildman–Crippen LogP) is -0.248. The van der Waals surface area contributed by atoms with E-state index in [0.29, 0.717) is 6.42 Å². The second-order valence-corrected chi connectivity index (χ2v) is 2.07. The van der Waals surface area contributed by atoms with Gasteiger partial charge in [-0.25, -0.2) is 29.4 Å². The molecule has 0 rings (SSSR count). The lowest BCUT2D eigenvalue weighted by Crippen LogP contribution is -2.10. The second kappa shape index (κ2) is 8.24. The minimum Gasteiger partial charge on any atom is -0.211 e. The third kappa shape index (κ3) is 6.53. The quantitative estimate of drug-likeness (QED) is 0.418. The van der Waals surface area contributed by atoms with Crippen molar-refractivity contribution in [2.75, 3.05) is 13.1 Å². The Morgan fingerprint density at radius 2 is 1.69 bits per heavy atom. The van der Waals surface area contributed by atoms with E-state index in [1.165, 1.54) is 18.2 Å². The van der Waals surface area contributed by atoms with Crippen LogP contribution < -0.4 is 0 Å². The molecule has 0 saturated carbocycles. The molecule has 0 fully saturated rings. The van der Waals surface area contributed by atoms with E-state index in [0.717, 1.165) is 0 Å². The normalized spacial score (nSPS) is 10.2. The fourth-order valence-corrected chi connectivity index (χ4v) is 0.673. The van der Waals surface area contributed by atoms with Gasteiger partial charge < -0.3 is 0 Å². The van der Waals surface area contributed by atoms with E-state index in [1.807, 2.05) is 0 Å². The first-order valence-corrected chi connectivity index (χ1v) is 3.49. The van der Waals surface area contributed by atoms with Gasteiger partial charge in [0, 0.05) is 0 Å². The monoisotopic (exact) mass is 181 g/mol. The topological polar surface area (TPSA) is 88.3 Å². The van der Waals surface area contributed by atoms with Crippen molar-refractivity contribution in [3.05, 3.63) is 0 Å². The molecule has 0 aromatic rings. The fourth-order valence-electron chi connectivity index (χ4n) is 0.673. The summed E-state index contributed by atoms with van der Waals surface area (Å²) in [5.74, 6) is 0. The van der Waals surface area contributed by atoms with Gasteiger partial charge >= 0.3 is 0 Å². The third-order valence-corrected chi connectivity index (χ3v) is 1.24. The number of hydrogen-bond acceptors (Lipinski definition) is 6. The Kier molecular flexibility index (Phi) is 7.06. The van der Waals surface area contributed by atoms with Gasteiger partial charge in [-0.3, -0.25) is 0 Å². The van der Waals surface area contributed by atoms with Gasteiger partial charge in [0.1, 0.15) is 0 Å². The highest BCUT2D eigenvalue weighted by atomic mass is 16.1. The van der Waals surface area contributed by atoms with Gasteiger partial charge in [0.05, 0.1) is 19.1 Å². The maximum Gasteiger partial charge on any atom is 0.235 e. The molecular formula is C7H7N3O3. The lowest BCUT2D eigenvalue weighted by Gasteiger charge is -2.01. The van der Waals surface area contributed by atoms with Crippen LogP contribution in [0.2, 0.25) is 0 Å². The Hall–Kier alpha value is -1.86. The van der Waals surface area contributed by atoms with Crippen molar-refractivity contribution in [2.45, 2.75) is 12.5 Å². The number of isocyanates is 3. The van der Waals surface area contributed by atoms with Crippen LogP contribution in [0, 0.1) is 0 Å². The smallest absolute Gasteiger partial charge is 0.211 e. The lowest BCUT2D eigenvalue weighted by atomic mass is 10.2. The summed E-state index contributed by atoms with van der Waals surface area (Å²) in [5.41, 5.74) is 0. The fraction of sp³-hybridized carbons (Fsp3) is 0.571. The van der Waals surface area contributed by atoms with Gasteiger partial charge in [-0.1, -0.05) is 0 Å². The van der Waals surface area contributed by atoms with Gasteiger partial charge in [0.2, 0.25) is 18.2 Å². The third-order valence-electron chi connectivity index (χ3n) is 1.24. The van der Waals surface area contributed by atoms with Gasteiger partial charge in [-0.15, -0.1) is 0 Å². The average Bonchev–Trinajstić information content (AvgIpc) is 2.14. The van der Waals surface area contributed by atoms with Crippen LogP contribution in [0.15, 0.2) is 15.0 Å². The van der Waals surface area contributed by atoms with E-state index in [2.05, 4.69) is 15.0 Å². The molecule has 0 aromatic heterocycles. The summed E-state index contributed by atoms with van der Waals surface area (Å²) < 4.78 is 0. The molecule has 0 amide bonds. The molecule has 68 valence electrons. The molecule has 0 heterocycles. The second-order valence-electron chi connectivity index (χ2n) is 2.07. The van der Waals surface area contributed by atoms with Crippen LogP contribution in [0.5, 0.6) is 0 Å². The molecular weight excluding hydrogens is 174 g/mol.